The first-order valence-electron chi connectivity index (χ1n) is 16.5. The highest BCUT2D eigenvalue weighted by molar-refractivity contribution is 7.81. The Morgan fingerprint density at radius 2 is 1.81 bits per heavy atom. The molecule has 0 bridgehead atoms. The van der Waals surface area contributed by atoms with Crippen molar-refractivity contribution < 1.29 is 4.79 Å². The van der Waals surface area contributed by atoms with Crippen LogP contribution in [0.1, 0.15) is 122 Å². The van der Waals surface area contributed by atoms with Crippen LogP contribution in [0, 0.1) is 12.8 Å². The highest BCUT2D eigenvalue weighted by Gasteiger charge is 2.36. The number of allylic oxidation sites excluding steroid dienone is 5. The van der Waals surface area contributed by atoms with E-state index >= 15 is 0 Å². The van der Waals surface area contributed by atoms with Gasteiger partial charge in [0.2, 0.25) is 0 Å². The molecule has 0 spiro atoms. The van der Waals surface area contributed by atoms with Crippen LogP contribution in [0.25, 0.3) is 0 Å². The summed E-state index contributed by atoms with van der Waals surface area (Å²) in [6.07, 6.45) is 22.7. The van der Waals surface area contributed by atoms with Crippen LogP contribution in [0.3, 0.4) is 0 Å². The van der Waals surface area contributed by atoms with Crippen molar-refractivity contribution in [2.45, 2.75) is 130 Å². The molecule has 240 valence electrons. The summed E-state index contributed by atoms with van der Waals surface area (Å²) in [4.78, 5) is 11.1. The molecule has 4 unspecified atom stereocenters. The second-order valence-corrected chi connectivity index (χ2v) is 13.0. The van der Waals surface area contributed by atoms with Crippen molar-refractivity contribution in [3.8, 4) is 0 Å². The highest BCUT2D eigenvalue weighted by Crippen LogP contribution is 2.37. The standard InChI is InChI=1S/C34H52N2S.C3H6.C2H4O/c1-8-10-11-16-29-21-25(4)33(30-18-14-15-24(3)20-30)31(22-29)17-12-13-19-35-23-32-26(5)34(28(7)37)36(9-2)27(32)6;1-3-2;1-2-3/h9,13,19-22,26,28,30,34-35,37H,2,8,10-12,14-18,23H2,1,3-7H3;3H,1H2,2H3;2H,1H3/b19-13+;;. The third-order valence-corrected chi connectivity index (χ3v) is 8.88. The second kappa shape index (κ2) is 21.3. The lowest BCUT2D eigenvalue weighted by atomic mass is 9.80. The summed E-state index contributed by atoms with van der Waals surface area (Å²) < 4.78 is 0. The number of thiol groups is 1. The van der Waals surface area contributed by atoms with Crippen LogP contribution in [0.5, 0.6) is 0 Å². The lowest BCUT2D eigenvalue weighted by Crippen LogP contribution is -2.35. The van der Waals surface area contributed by atoms with E-state index in [1.54, 1.807) is 22.8 Å². The molecule has 0 saturated heterocycles. The SMILES string of the molecule is C=CC.C=CN1C(C)=C(CN/C=C/CCc2cc(CCCCC)cc(C)c2C2C=C(C)CCC2)C(C)C1C(C)S.CC=O. The highest BCUT2D eigenvalue weighted by atomic mass is 32.1. The number of hydrogen-bond donors (Lipinski definition) is 2. The van der Waals surface area contributed by atoms with Gasteiger partial charge in [0.25, 0.3) is 0 Å². The Bertz CT molecular complexity index is 1090. The number of carbonyl (C=O) groups is 1. The Hall–Kier alpha value is -2.46. The summed E-state index contributed by atoms with van der Waals surface area (Å²) in [6, 6.07) is 5.40. The van der Waals surface area contributed by atoms with Crippen molar-refractivity contribution >= 4 is 18.9 Å². The van der Waals surface area contributed by atoms with Crippen molar-refractivity contribution in [2.75, 3.05) is 6.54 Å². The molecule has 1 aliphatic heterocycles. The van der Waals surface area contributed by atoms with Gasteiger partial charge < -0.3 is 15.0 Å². The minimum Gasteiger partial charge on any atom is -0.387 e. The number of rotatable bonds is 13. The van der Waals surface area contributed by atoms with Gasteiger partial charge in [-0.2, -0.15) is 12.6 Å². The van der Waals surface area contributed by atoms with Gasteiger partial charge in [0.15, 0.2) is 0 Å². The van der Waals surface area contributed by atoms with E-state index < -0.39 is 0 Å². The fourth-order valence-electron chi connectivity index (χ4n) is 6.69. The van der Waals surface area contributed by atoms with Crippen molar-refractivity contribution in [3.05, 3.63) is 95.0 Å². The molecule has 4 atom stereocenters. The summed E-state index contributed by atoms with van der Waals surface area (Å²) in [5, 5.41) is 3.89. The molecule has 43 heavy (non-hydrogen) atoms. The van der Waals surface area contributed by atoms with Crippen LogP contribution < -0.4 is 5.32 Å². The van der Waals surface area contributed by atoms with Crippen LogP contribution >= 0.6 is 12.6 Å². The first kappa shape index (κ1) is 38.6. The quantitative estimate of drug-likeness (QED) is 0.101. The Morgan fingerprint density at radius 3 is 2.37 bits per heavy atom. The Morgan fingerprint density at radius 1 is 1.14 bits per heavy atom. The lowest BCUT2D eigenvalue weighted by Gasteiger charge is -2.30. The maximum Gasteiger partial charge on any atom is 0.116 e. The van der Waals surface area contributed by atoms with Crippen LogP contribution in [-0.4, -0.2) is 29.0 Å². The Kier molecular flexibility index (Phi) is 19.1. The number of nitrogens with zero attached hydrogens (tertiary/aromatic N) is 1. The summed E-state index contributed by atoms with van der Waals surface area (Å²) in [5.74, 6) is 1.06. The Labute approximate surface area is 271 Å². The summed E-state index contributed by atoms with van der Waals surface area (Å²) in [5.41, 5.74) is 10.6. The van der Waals surface area contributed by atoms with Gasteiger partial charge in [-0.15, -0.1) is 6.58 Å². The number of aldehydes is 1. The van der Waals surface area contributed by atoms with E-state index in [-0.39, 0.29) is 0 Å². The lowest BCUT2D eigenvalue weighted by molar-refractivity contribution is -0.106. The fraction of sp³-hybridized carbons (Fsp3) is 0.564. The number of nitrogens with one attached hydrogen (secondary N) is 1. The smallest absolute Gasteiger partial charge is 0.116 e. The summed E-state index contributed by atoms with van der Waals surface area (Å²) in [6.45, 7) is 25.3. The molecule has 1 heterocycles. The van der Waals surface area contributed by atoms with E-state index in [0.29, 0.717) is 23.1 Å². The molecule has 0 radical (unpaired) electrons. The number of aryl methyl sites for hydroxylation is 3. The topological polar surface area (TPSA) is 32.3 Å². The average Bonchev–Trinajstić information content (AvgIpc) is 3.20. The molecule has 3 rings (SSSR count). The zero-order valence-corrected chi connectivity index (χ0v) is 29.6. The molecular weight excluding hydrogens is 545 g/mol. The molecule has 0 saturated carbocycles. The van der Waals surface area contributed by atoms with Gasteiger partial charge in [-0.05, 0) is 120 Å². The molecule has 2 aliphatic rings. The predicted molar refractivity (Wildman–Crippen MR) is 194 cm³/mol. The molecule has 1 N–H and O–H groups in total. The van der Waals surface area contributed by atoms with E-state index in [1.807, 2.05) is 13.1 Å². The maximum absolute atomic E-state index is 8.81. The first-order valence-corrected chi connectivity index (χ1v) is 17.1. The van der Waals surface area contributed by atoms with Crippen molar-refractivity contribution in [1.29, 1.82) is 0 Å². The van der Waals surface area contributed by atoms with Crippen molar-refractivity contribution in [1.82, 2.24) is 10.2 Å². The Balaban J connectivity index is 0.00000142. The third-order valence-electron chi connectivity index (χ3n) is 8.58. The molecule has 0 amide bonds. The molecular formula is C39H62N2OS. The van der Waals surface area contributed by atoms with Crippen LogP contribution in [0.2, 0.25) is 0 Å². The second-order valence-electron chi connectivity index (χ2n) is 12.1. The predicted octanol–water partition coefficient (Wildman–Crippen LogP) is 10.4. The fourth-order valence-corrected chi connectivity index (χ4v) is 7.09. The largest absolute Gasteiger partial charge is 0.387 e. The molecule has 4 heteroatoms. The molecule has 0 fully saturated rings. The average molecular weight is 607 g/mol. The van der Waals surface area contributed by atoms with Crippen LogP contribution in [-0.2, 0) is 17.6 Å². The maximum atomic E-state index is 8.81. The first-order chi connectivity index (χ1) is 20.6. The third kappa shape index (κ3) is 12.2. The molecule has 1 aliphatic carbocycles. The van der Waals surface area contributed by atoms with E-state index in [9.17, 15) is 0 Å². The van der Waals surface area contributed by atoms with Crippen LogP contribution in [0.4, 0.5) is 0 Å². The zero-order chi connectivity index (χ0) is 32.4. The van der Waals surface area contributed by atoms with E-state index in [2.05, 4.69) is 95.4 Å². The van der Waals surface area contributed by atoms with Gasteiger partial charge >= 0.3 is 0 Å². The number of hydrogen-bond acceptors (Lipinski definition) is 4. The minimum absolute atomic E-state index is 0.300. The van der Waals surface area contributed by atoms with Gasteiger partial charge in [0.1, 0.15) is 6.29 Å². The number of unbranched alkanes of at least 4 members (excludes halogenated alkanes) is 2. The van der Waals surface area contributed by atoms with E-state index in [1.165, 1.54) is 74.3 Å². The van der Waals surface area contributed by atoms with Gasteiger partial charge in [-0.25, -0.2) is 0 Å². The summed E-state index contributed by atoms with van der Waals surface area (Å²) >= 11 is 4.75. The summed E-state index contributed by atoms with van der Waals surface area (Å²) in [7, 11) is 0. The van der Waals surface area contributed by atoms with E-state index in [0.717, 1.165) is 25.7 Å². The molecule has 0 aromatic heterocycles. The monoisotopic (exact) mass is 606 g/mol. The minimum atomic E-state index is 0.300. The number of benzene rings is 1. The van der Waals surface area contributed by atoms with Crippen LogP contribution in [0.15, 0.2) is 72.8 Å². The van der Waals surface area contributed by atoms with Crippen molar-refractivity contribution in [3.63, 3.8) is 0 Å². The van der Waals surface area contributed by atoms with Gasteiger partial charge in [0, 0.05) is 29.3 Å². The molecule has 1 aromatic rings. The van der Waals surface area contributed by atoms with Crippen molar-refractivity contribution in [2.24, 2.45) is 5.92 Å². The van der Waals surface area contributed by atoms with Gasteiger partial charge in [-0.1, -0.05) is 76.1 Å². The normalized spacial score (nSPS) is 20.4. The number of carbonyl (C=O) groups excluding carboxylic acids is 1. The molecule has 3 nitrogen and oxygen atoms in total. The van der Waals surface area contributed by atoms with E-state index in [4.69, 9.17) is 17.4 Å². The zero-order valence-electron chi connectivity index (χ0n) is 28.7. The van der Waals surface area contributed by atoms with Gasteiger partial charge in [-0.3, -0.25) is 0 Å². The van der Waals surface area contributed by atoms with Gasteiger partial charge in [0.05, 0.1) is 6.04 Å². The molecule has 1 aromatic carbocycles.